The number of rotatable bonds is 6. The van der Waals surface area contributed by atoms with Crippen LogP contribution in [0.4, 0.5) is 5.69 Å². The summed E-state index contributed by atoms with van der Waals surface area (Å²) >= 11 is 5.03. The van der Waals surface area contributed by atoms with Crippen LogP contribution in [0.5, 0.6) is 5.75 Å². The topological polar surface area (TPSA) is 76.7 Å². The molecule has 0 radical (unpaired) electrons. The fourth-order valence-electron chi connectivity index (χ4n) is 1.56. The number of thiocarbonyl (C=S) groups is 1. The third-order valence-corrected chi connectivity index (χ3v) is 2.72. The lowest BCUT2D eigenvalue weighted by Gasteiger charge is -2.12. The fourth-order valence-corrected chi connectivity index (χ4v) is 1.79. The van der Waals surface area contributed by atoms with Gasteiger partial charge in [0.1, 0.15) is 5.75 Å². The van der Waals surface area contributed by atoms with Crippen LogP contribution in [0.2, 0.25) is 0 Å². The van der Waals surface area contributed by atoms with Crippen LogP contribution in [0, 0.1) is 0 Å². The van der Waals surface area contributed by atoms with Gasteiger partial charge in [0.05, 0.1) is 19.6 Å². The highest BCUT2D eigenvalue weighted by molar-refractivity contribution is 7.80. The predicted octanol–water partition coefficient (Wildman–Crippen LogP) is 2.24. The highest BCUT2D eigenvalue weighted by atomic mass is 32.1. The van der Waals surface area contributed by atoms with E-state index in [-0.39, 0.29) is 30.0 Å². The second kappa shape index (κ2) is 8.99. The van der Waals surface area contributed by atoms with Gasteiger partial charge < -0.3 is 20.1 Å². The molecule has 2 N–H and O–H groups in total. The van der Waals surface area contributed by atoms with Crippen molar-refractivity contribution < 1.29 is 19.1 Å². The molecule has 1 rings (SSSR count). The fraction of sp³-hybridized carbons (Fsp3) is 0.400. The van der Waals surface area contributed by atoms with E-state index in [1.807, 2.05) is 26.0 Å². The minimum atomic E-state index is -0.435. The van der Waals surface area contributed by atoms with Crippen molar-refractivity contribution in [1.29, 1.82) is 0 Å². The van der Waals surface area contributed by atoms with E-state index < -0.39 is 5.97 Å². The molecule has 0 aliphatic heterocycles. The quantitative estimate of drug-likeness (QED) is 0.617. The van der Waals surface area contributed by atoms with Crippen molar-refractivity contribution in [2.24, 2.45) is 0 Å². The first-order valence-corrected chi connectivity index (χ1v) is 7.26. The smallest absolute Gasteiger partial charge is 0.306 e. The minimum absolute atomic E-state index is 0.0200. The first kappa shape index (κ1) is 17.9. The maximum Gasteiger partial charge on any atom is 0.306 e. The van der Waals surface area contributed by atoms with Gasteiger partial charge in [-0.05, 0) is 50.3 Å². The van der Waals surface area contributed by atoms with Crippen LogP contribution < -0.4 is 15.4 Å². The monoisotopic (exact) mass is 324 g/mol. The summed E-state index contributed by atoms with van der Waals surface area (Å²) < 4.78 is 9.99. The lowest BCUT2D eigenvalue weighted by Crippen LogP contribution is -2.34. The zero-order valence-corrected chi connectivity index (χ0v) is 13.7. The molecule has 0 spiro atoms. The standard InChI is InChI=1S/C15H20N2O4S/c1-10(2)21-12-6-4-11(5-7-12)16-15(22)17-13(18)8-9-14(19)20-3/h4-7,10H,8-9H2,1-3H3,(H2,16,17,18,22). The molecular weight excluding hydrogens is 304 g/mol. The number of anilines is 1. The molecule has 0 bridgehead atoms. The number of ether oxygens (including phenoxy) is 2. The highest BCUT2D eigenvalue weighted by Gasteiger charge is 2.08. The molecule has 0 aliphatic rings. The van der Waals surface area contributed by atoms with Crippen LogP contribution >= 0.6 is 12.2 Å². The number of hydrogen-bond donors (Lipinski definition) is 2. The largest absolute Gasteiger partial charge is 0.491 e. The third kappa shape index (κ3) is 7.03. The van der Waals surface area contributed by atoms with Crippen LogP contribution in [0.15, 0.2) is 24.3 Å². The van der Waals surface area contributed by atoms with Crippen molar-refractivity contribution in [2.45, 2.75) is 32.8 Å². The van der Waals surface area contributed by atoms with Crippen LogP contribution in [0.25, 0.3) is 0 Å². The van der Waals surface area contributed by atoms with Gasteiger partial charge in [0, 0.05) is 12.1 Å². The van der Waals surface area contributed by atoms with Gasteiger partial charge >= 0.3 is 5.97 Å². The minimum Gasteiger partial charge on any atom is -0.491 e. The Balaban J connectivity index is 2.41. The molecule has 1 aromatic carbocycles. The van der Waals surface area contributed by atoms with Crippen molar-refractivity contribution in [2.75, 3.05) is 12.4 Å². The molecule has 120 valence electrons. The van der Waals surface area contributed by atoms with Crippen molar-refractivity contribution >= 4 is 34.9 Å². The molecule has 0 aromatic heterocycles. The van der Waals surface area contributed by atoms with Gasteiger partial charge in [0.15, 0.2) is 5.11 Å². The predicted molar refractivity (Wildman–Crippen MR) is 87.8 cm³/mol. The molecule has 0 atom stereocenters. The van der Waals surface area contributed by atoms with E-state index in [4.69, 9.17) is 17.0 Å². The van der Waals surface area contributed by atoms with E-state index in [1.165, 1.54) is 7.11 Å². The Morgan fingerprint density at radius 3 is 2.36 bits per heavy atom. The normalized spacial score (nSPS) is 10.0. The number of carbonyl (C=O) groups is 2. The second-order valence-electron chi connectivity index (χ2n) is 4.77. The molecular formula is C15H20N2O4S. The van der Waals surface area contributed by atoms with E-state index in [1.54, 1.807) is 12.1 Å². The Kier molecular flexibility index (Phi) is 7.31. The molecule has 0 saturated heterocycles. The molecule has 0 fully saturated rings. The van der Waals surface area contributed by atoms with Crippen molar-refractivity contribution in [3.8, 4) is 5.75 Å². The SMILES string of the molecule is COC(=O)CCC(=O)NC(=S)Nc1ccc(OC(C)C)cc1. The summed E-state index contributed by atoms with van der Waals surface area (Å²) in [6, 6.07) is 7.21. The molecule has 1 aromatic rings. The highest BCUT2D eigenvalue weighted by Crippen LogP contribution is 2.16. The lowest BCUT2D eigenvalue weighted by molar-refractivity contribution is -0.142. The summed E-state index contributed by atoms with van der Waals surface area (Å²) in [5, 5.41) is 5.55. The maximum absolute atomic E-state index is 11.6. The molecule has 0 aliphatic carbocycles. The van der Waals surface area contributed by atoms with E-state index >= 15 is 0 Å². The number of nitrogens with one attached hydrogen (secondary N) is 2. The van der Waals surface area contributed by atoms with Gasteiger partial charge in [-0.25, -0.2) is 0 Å². The molecule has 6 nitrogen and oxygen atoms in total. The molecule has 7 heteroatoms. The average Bonchev–Trinajstić information content (AvgIpc) is 2.46. The summed E-state index contributed by atoms with van der Waals surface area (Å²) in [7, 11) is 1.28. The van der Waals surface area contributed by atoms with Crippen LogP contribution in [0.3, 0.4) is 0 Å². The summed E-state index contributed by atoms with van der Waals surface area (Å²) in [6.07, 6.45) is 0.149. The van der Waals surface area contributed by atoms with Crippen molar-refractivity contribution in [3.05, 3.63) is 24.3 Å². The number of hydrogen-bond acceptors (Lipinski definition) is 5. The van der Waals surface area contributed by atoms with Crippen LogP contribution in [0.1, 0.15) is 26.7 Å². The summed E-state index contributed by atoms with van der Waals surface area (Å²) in [4.78, 5) is 22.5. The zero-order valence-electron chi connectivity index (χ0n) is 12.8. The Labute approximate surface area is 135 Å². The number of carbonyl (C=O) groups excluding carboxylic acids is 2. The Hall–Kier alpha value is -2.15. The van der Waals surface area contributed by atoms with E-state index in [0.717, 1.165) is 11.4 Å². The lowest BCUT2D eigenvalue weighted by atomic mass is 10.3. The first-order chi connectivity index (χ1) is 10.4. The number of amides is 1. The molecule has 0 unspecified atom stereocenters. The number of benzene rings is 1. The average molecular weight is 324 g/mol. The van der Waals surface area contributed by atoms with Crippen molar-refractivity contribution in [1.82, 2.24) is 5.32 Å². The molecule has 0 heterocycles. The third-order valence-electron chi connectivity index (χ3n) is 2.52. The van der Waals surface area contributed by atoms with Gasteiger partial charge in [-0.1, -0.05) is 0 Å². The van der Waals surface area contributed by atoms with E-state index in [2.05, 4.69) is 15.4 Å². The Morgan fingerprint density at radius 1 is 1.18 bits per heavy atom. The van der Waals surface area contributed by atoms with E-state index in [0.29, 0.717) is 0 Å². The van der Waals surface area contributed by atoms with Gasteiger partial charge in [-0.15, -0.1) is 0 Å². The van der Waals surface area contributed by atoms with Gasteiger partial charge in [0.2, 0.25) is 5.91 Å². The van der Waals surface area contributed by atoms with Crippen LogP contribution in [-0.2, 0) is 14.3 Å². The molecule has 1 amide bonds. The maximum atomic E-state index is 11.6. The van der Waals surface area contributed by atoms with E-state index in [9.17, 15) is 9.59 Å². The Bertz CT molecular complexity index is 529. The number of methoxy groups -OCH3 is 1. The van der Waals surface area contributed by atoms with Gasteiger partial charge in [-0.2, -0.15) is 0 Å². The van der Waals surface area contributed by atoms with Crippen molar-refractivity contribution in [3.63, 3.8) is 0 Å². The van der Waals surface area contributed by atoms with Gasteiger partial charge in [0.25, 0.3) is 0 Å². The second-order valence-corrected chi connectivity index (χ2v) is 5.18. The molecule has 0 saturated carbocycles. The number of esters is 1. The first-order valence-electron chi connectivity index (χ1n) is 6.85. The summed E-state index contributed by atoms with van der Waals surface area (Å²) in [5.74, 6) is -0.0222. The zero-order chi connectivity index (χ0) is 16.5. The van der Waals surface area contributed by atoms with Crippen LogP contribution in [-0.4, -0.2) is 30.2 Å². The van der Waals surface area contributed by atoms with Gasteiger partial charge in [-0.3, -0.25) is 9.59 Å². The summed E-state index contributed by atoms with van der Waals surface area (Å²) in [6.45, 7) is 3.90. The Morgan fingerprint density at radius 2 is 1.82 bits per heavy atom. The summed E-state index contributed by atoms with van der Waals surface area (Å²) in [5.41, 5.74) is 0.731. The molecule has 22 heavy (non-hydrogen) atoms.